The fourth-order valence-electron chi connectivity index (χ4n) is 5.08. The van der Waals surface area contributed by atoms with Crippen molar-refractivity contribution in [2.75, 3.05) is 18.8 Å². The van der Waals surface area contributed by atoms with E-state index < -0.39 is 0 Å². The molecule has 1 aliphatic heterocycles. The lowest BCUT2D eigenvalue weighted by molar-refractivity contribution is 0.0696. The summed E-state index contributed by atoms with van der Waals surface area (Å²) in [4.78, 5) is 2.43. The maximum absolute atomic E-state index is 9.91. The summed E-state index contributed by atoms with van der Waals surface area (Å²) in [5.41, 5.74) is 10.8. The number of nitrogen functional groups attached to an aromatic ring is 1. The van der Waals surface area contributed by atoms with Gasteiger partial charge >= 0.3 is 0 Å². The minimum Gasteiger partial charge on any atom is -0.457 e. The van der Waals surface area contributed by atoms with Crippen molar-refractivity contribution in [2.45, 2.75) is 12.1 Å². The zero-order valence-electron chi connectivity index (χ0n) is 20.8. The molecule has 0 unspecified atom stereocenters. The first-order chi connectivity index (χ1) is 18.7. The quantitative estimate of drug-likeness (QED) is 0.280. The number of para-hydroxylation sites is 1. The Labute approximate surface area is 222 Å². The summed E-state index contributed by atoms with van der Waals surface area (Å²) in [5.74, 6) is 1.89. The first-order valence-corrected chi connectivity index (χ1v) is 12.7. The molecule has 0 bridgehead atoms. The highest BCUT2D eigenvalue weighted by atomic mass is 16.5. The molecule has 6 heteroatoms. The van der Waals surface area contributed by atoms with Gasteiger partial charge in [0.1, 0.15) is 34.6 Å². The monoisotopic (exact) mass is 497 g/mol. The molecule has 0 aliphatic carbocycles. The van der Waals surface area contributed by atoms with Gasteiger partial charge in [-0.25, -0.2) is 4.68 Å². The summed E-state index contributed by atoms with van der Waals surface area (Å²) >= 11 is 0. The third-order valence-corrected chi connectivity index (χ3v) is 7.00. The van der Waals surface area contributed by atoms with Crippen LogP contribution in [0.25, 0.3) is 11.3 Å². The van der Waals surface area contributed by atoms with Crippen LogP contribution in [0.1, 0.15) is 28.8 Å². The van der Waals surface area contributed by atoms with Gasteiger partial charge in [0.2, 0.25) is 0 Å². The van der Waals surface area contributed by atoms with Crippen molar-refractivity contribution in [3.05, 3.63) is 132 Å². The fourth-order valence-corrected chi connectivity index (χ4v) is 5.08. The second kappa shape index (κ2) is 10.3. The third-order valence-electron chi connectivity index (χ3n) is 7.00. The van der Waals surface area contributed by atoms with Crippen molar-refractivity contribution in [3.8, 4) is 28.8 Å². The Morgan fingerprint density at radius 1 is 0.763 bits per heavy atom. The van der Waals surface area contributed by atoms with Gasteiger partial charge in [0, 0.05) is 18.7 Å². The summed E-state index contributed by atoms with van der Waals surface area (Å²) in [5, 5.41) is 14.7. The Hall–Kier alpha value is -4.86. The molecule has 2 N–H and O–H groups in total. The van der Waals surface area contributed by atoms with Crippen LogP contribution in [0.3, 0.4) is 0 Å². The van der Waals surface area contributed by atoms with Gasteiger partial charge < -0.3 is 10.5 Å². The Balaban J connectivity index is 1.23. The average molecular weight is 498 g/mol. The van der Waals surface area contributed by atoms with E-state index in [9.17, 15) is 5.26 Å². The molecule has 0 spiro atoms. The van der Waals surface area contributed by atoms with Crippen LogP contribution >= 0.6 is 0 Å². The summed E-state index contributed by atoms with van der Waals surface area (Å²) in [6, 6.07) is 40.8. The summed E-state index contributed by atoms with van der Waals surface area (Å²) < 4.78 is 7.73. The average Bonchev–Trinajstić information content (AvgIpc) is 3.27. The second-order valence-electron chi connectivity index (χ2n) is 9.44. The zero-order chi connectivity index (χ0) is 25.9. The largest absolute Gasteiger partial charge is 0.457 e. The second-order valence-corrected chi connectivity index (χ2v) is 9.44. The lowest BCUT2D eigenvalue weighted by Gasteiger charge is -2.44. The lowest BCUT2D eigenvalue weighted by Crippen LogP contribution is -2.50. The smallest absolute Gasteiger partial charge is 0.140 e. The highest BCUT2D eigenvalue weighted by molar-refractivity contribution is 5.73. The number of ether oxygens (including phenoxy) is 1. The first-order valence-electron chi connectivity index (χ1n) is 12.7. The number of nitriles is 1. The number of nitrogens with two attached hydrogens (primary N) is 1. The van der Waals surface area contributed by atoms with E-state index in [-0.39, 0.29) is 12.1 Å². The van der Waals surface area contributed by atoms with E-state index in [0.29, 0.717) is 22.8 Å². The van der Waals surface area contributed by atoms with Crippen LogP contribution < -0.4 is 10.5 Å². The molecule has 4 aromatic carbocycles. The number of nitrogens with zero attached hydrogens (tertiary/aromatic N) is 4. The highest BCUT2D eigenvalue weighted by Crippen LogP contribution is 2.38. The van der Waals surface area contributed by atoms with Crippen molar-refractivity contribution >= 4 is 5.82 Å². The van der Waals surface area contributed by atoms with E-state index in [1.807, 2.05) is 71.4 Å². The van der Waals surface area contributed by atoms with E-state index in [1.54, 1.807) is 0 Å². The number of aromatic nitrogens is 2. The summed E-state index contributed by atoms with van der Waals surface area (Å²) in [6.07, 6.45) is 0. The standard InChI is InChI=1S/C32H27N5O/c33-20-29-30(23-16-18-28(19-17-23)38-27-14-8-3-9-15-27)35-37(32(29)34)26-21-36(22-26)31(24-10-4-1-5-11-24)25-12-6-2-7-13-25/h1-19,26,31H,21-22,34H2. The van der Waals surface area contributed by atoms with Crippen LogP contribution in [0.2, 0.25) is 0 Å². The van der Waals surface area contributed by atoms with Gasteiger partial charge in [-0.05, 0) is 47.5 Å². The molecule has 1 aliphatic rings. The molecule has 1 saturated heterocycles. The molecular formula is C32H27N5O. The van der Waals surface area contributed by atoms with Gasteiger partial charge in [-0.15, -0.1) is 0 Å². The number of hydrogen-bond donors (Lipinski definition) is 1. The van der Waals surface area contributed by atoms with E-state index in [1.165, 1.54) is 11.1 Å². The number of hydrogen-bond acceptors (Lipinski definition) is 5. The molecule has 5 aromatic rings. The molecule has 186 valence electrons. The lowest BCUT2D eigenvalue weighted by atomic mass is 9.93. The Kier molecular flexibility index (Phi) is 6.35. The van der Waals surface area contributed by atoms with Gasteiger partial charge in [0.05, 0.1) is 12.1 Å². The van der Waals surface area contributed by atoms with Crippen LogP contribution in [0, 0.1) is 11.3 Å². The summed E-state index contributed by atoms with van der Waals surface area (Å²) in [7, 11) is 0. The Morgan fingerprint density at radius 3 is 1.84 bits per heavy atom. The predicted octanol–water partition coefficient (Wildman–Crippen LogP) is 6.44. The predicted molar refractivity (Wildman–Crippen MR) is 149 cm³/mol. The SMILES string of the molecule is N#Cc1c(-c2ccc(Oc3ccccc3)cc2)nn(C2CN(C(c3ccccc3)c3ccccc3)C2)c1N. The maximum Gasteiger partial charge on any atom is 0.140 e. The van der Waals surface area contributed by atoms with Gasteiger partial charge in [-0.1, -0.05) is 78.9 Å². The summed E-state index contributed by atoms with van der Waals surface area (Å²) in [6.45, 7) is 1.57. The van der Waals surface area contributed by atoms with E-state index in [4.69, 9.17) is 15.6 Å². The van der Waals surface area contributed by atoms with Crippen LogP contribution in [0.15, 0.2) is 115 Å². The number of anilines is 1. The highest BCUT2D eigenvalue weighted by Gasteiger charge is 2.37. The first kappa shape index (κ1) is 23.5. The number of likely N-dealkylation sites (tertiary alicyclic amines) is 1. The van der Waals surface area contributed by atoms with Gasteiger partial charge in [-0.2, -0.15) is 10.4 Å². The fraction of sp³-hybridized carbons (Fsp3) is 0.125. The Bertz CT molecular complexity index is 1510. The van der Waals surface area contributed by atoms with Crippen LogP contribution in [-0.2, 0) is 0 Å². The zero-order valence-corrected chi connectivity index (χ0v) is 20.8. The van der Waals surface area contributed by atoms with Crippen molar-refractivity contribution in [3.63, 3.8) is 0 Å². The van der Waals surface area contributed by atoms with Crippen LogP contribution in [-0.4, -0.2) is 27.8 Å². The van der Waals surface area contributed by atoms with Crippen molar-refractivity contribution in [2.24, 2.45) is 0 Å². The van der Waals surface area contributed by atoms with E-state index in [2.05, 4.69) is 59.5 Å². The molecule has 1 aromatic heterocycles. The van der Waals surface area contributed by atoms with Crippen molar-refractivity contribution in [1.82, 2.24) is 14.7 Å². The number of benzene rings is 4. The topological polar surface area (TPSA) is 80.1 Å². The molecule has 38 heavy (non-hydrogen) atoms. The third kappa shape index (κ3) is 4.52. The van der Waals surface area contributed by atoms with Crippen molar-refractivity contribution < 1.29 is 4.74 Å². The molecule has 1 fully saturated rings. The number of rotatable bonds is 7. The van der Waals surface area contributed by atoms with E-state index in [0.717, 1.165) is 24.4 Å². The molecular weight excluding hydrogens is 470 g/mol. The molecule has 2 heterocycles. The normalized spacial score (nSPS) is 13.7. The van der Waals surface area contributed by atoms with Crippen LogP contribution in [0.5, 0.6) is 11.5 Å². The molecule has 0 saturated carbocycles. The van der Waals surface area contributed by atoms with Crippen molar-refractivity contribution in [1.29, 1.82) is 5.26 Å². The Morgan fingerprint density at radius 2 is 1.29 bits per heavy atom. The van der Waals surface area contributed by atoms with Crippen LogP contribution in [0.4, 0.5) is 5.82 Å². The molecule has 6 rings (SSSR count). The van der Waals surface area contributed by atoms with Gasteiger partial charge in [0.25, 0.3) is 0 Å². The molecule has 6 nitrogen and oxygen atoms in total. The van der Waals surface area contributed by atoms with Gasteiger partial charge in [0.15, 0.2) is 0 Å². The van der Waals surface area contributed by atoms with E-state index >= 15 is 0 Å². The minimum absolute atomic E-state index is 0.0893. The van der Waals surface area contributed by atoms with Gasteiger partial charge in [-0.3, -0.25) is 4.90 Å². The molecule has 0 amide bonds. The minimum atomic E-state index is 0.0893. The maximum atomic E-state index is 9.91. The molecule has 0 atom stereocenters. The molecule has 0 radical (unpaired) electrons.